The van der Waals surface area contributed by atoms with Crippen LogP contribution in [-0.2, 0) is 4.79 Å². The Kier molecular flexibility index (Phi) is 6.44. The maximum atomic E-state index is 12.3. The molecule has 3 heterocycles. The van der Waals surface area contributed by atoms with Crippen molar-refractivity contribution in [2.75, 3.05) is 10.6 Å². The highest BCUT2D eigenvalue weighted by molar-refractivity contribution is 6.54. The Morgan fingerprint density at radius 2 is 1.87 bits per heavy atom. The summed E-state index contributed by atoms with van der Waals surface area (Å²) in [6, 6.07) is 22.7. The number of halogens is 1. The normalized spacial score (nSPS) is 14.0. The number of nitrogens with one attached hydrogen (secondary N) is 2. The maximum absolute atomic E-state index is 12.3. The predicted octanol–water partition coefficient (Wildman–Crippen LogP) is 7.10. The smallest absolute Gasteiger partial charge is 0.276 e. The monoisotopic (exact) mass is 532 g/mol. The quantitative estimate of drug-likeness (QED) is 0.179. The molecule has 1 aliphatic rings. The summed E-state index contributed by atoms with van der Waals surface area (Å²) in [5.41, 5.74) is 5.17. The summed E-state index contributed by atoms with van der Waals surface area (Å²) >= 11 is 6.07. The van der Waals surface area contributed by atoms with Crippen LogP contribution in [0.15, 0.2) is 99.8 Å². The SMILES string of the molecule is C/C=C/c1ccc(Nc2ncnc3ccc(-c4ccc(/C=N/N=C5/C(=O)Nc6ccc(Cl)cc65)o4)cc23)cc1. The van der Waals surface area contributed by atoms with Crippen LogP contribution in [0, 0.1) is 0 Å². The Morgan fingerprint density at radius 1 is 1.00 bits per heavy atom. The Balaban J connectivity index is 1.24. The van der Waals surface area contributed by atoms with Crippen molar-refractivity contribution in [3.63, 3.8) is 0 Å². The average molecular weight is 533 g/mol. The van der Waals surface area contributed by atoms with E-state index in [4.69, 9.17) is 16.0 Å². The summed E-state index contributed by atoms with van der Waals surface area (Å²) in [4.78, 5) is 21.1. The summed E-state index contributed by atoms with van der Waals surface area (Å²) in [5, 5.41) is 15.7. The van der Waals surface area contributed by atoms with Crippen molar-refractivity contribution in [3.8, 4) is 11.3 Å². The molecule has 0 saturated heterocycles. The van der Waals surface area contributed by atoms with E-state index in [0.717, 1.165) is 27.7 Å². The van der Waals surface area contributed by atoms with E-state index in [1.54, 1.807) is 30.6 Å². The standard InChI is InChI=1S/C30H21ClN6O2/c1-2-3-18-4-8-21(9-5-18)35-29-24-14-19(6-11-25(24)32-17-33-29)27-13-10-22(39-27)16-34-37-28-23-15-20(31)7-12-26(23)36-30(28)38/h2-17H,1H3,(H,32,33,35)(H,36,37,38)/b3-2+,34-16+. The second-order valence-electron chi connectivity index (χ2n) is 8.74. The van der Waals surface area contributed by atoms with E-state index in [9.17, 15) is 4.79 Å². The van der Waals surface area contributed by atoms with Crippen molar-refractivity contribution >= 4 is 63.6 Å². The lowest BCUT2D eigenvalue weighted by molar-refractivity contribution is -0.110. The van der Waals surface area contributed by atoms with Gasteiger partial charge in [-0.15, -0.1) is 5.10 Å². The van der Waals surface area contributed by atoms with Gasteiger partial charge in [0, 0.05) is 27.2 Å². The molecule has 9 heteroatoms. The third kappa shape index (κ3) is 5.05. The zero-order chi connectivity index (χ0) is 26.8. The predicted molar refractivity (Wildman–Crippen MR) is 156 cm³/mol. The lowest BCUT2D eigenvalue weighted by Crippen LogP contribution is -2.13. The first-order valence-corrected chi connectivity index (χ1v) is 12.5. The number of benzene rings is 3. The highest BCUT2D eigenvalue weighted by Crippen LogP contribution is 2.30. The number of anilines is 3. The average Bonchev–Trinajstić information content (AvgIpc) is 3.54. The van der Waals surface area contributed by atoms with Gasteiger partial charge in [0.25, 0.3) is 5.91 Å². The van der Waals surface area contributed by atoms with Crippen molar-refractivity contribution < 1.29 is 9.21 Å². The number of carbonyl (C=O) groups excluding carboxylic acids is 1. The Morgan fingerprint density at radius 3 is 2.72 bits per heavy atom. The van der Waals surface area contributed by atoms with Crippen LogP contribution in [0.5, 0.6) is 0 Å². The van der Waals surface area contributed by atoms with Crippen molar-refractivity contribution in [3.05, 3.63) is 107 Å². The molecule has 0 bridgehead atoms. The molecule has 3 aromatic carbocycles. The van der Waals surface area contributed by atoms with E-state index in [0.29, 0.717) is 33.6 Å². The molecule has 39 heavy (non-hydrogen) atoms. The maximum Gasteiger partial charge on any atom is 0.276 e. The largest absolute Gasteiger partial charge is 0.455 e. The summed E-state index contributed by atoms with van der Waals surface area (Å²) in [6.07, 6.45) is 7.05. The first-order chi connectivity index (χ1) is 19.1. The van der Waals surface area contributed by atoms with Crippen molar-refractivity contribution in [2.45, 2.75) is 6.92 Å². The minimum atomic E-state index is -0.332. The van der Waals surface area contributed by atoms with E-state index in [1.807, 2.05) is 67.6 Å². The first-order valence-electron chi connectivity index (χ1n) is 12.1. The van der Waals surface area contributed by atoms with Crippen LogP contribution in [0.4, 0.5) is 17.2 Å². The van der Waals surface area contributed by atoms with Gasteiger partial charge in [0.1, 0.15) is 23.7 Å². The molecule has 1 amide bonds. The van der Waals surface area contributed by atoms with E-state index < -0.39 is 0 Å². The van der Waals surface area contributed by atoms with Gasteiger partial charge in [-0.3, -0.25) is 4.79 Å². The number of hydrogen-bond donors (Lipinski definition) is 2. The number of nitrogens with zero attached hydrogens (tertiary/aromatic N) is 4. The number of furan rings is 1. The summed E-state index contributed by atoms with van der Waals surface area (Å²) in [6.45, 7) is 1.99. The molecule has 0 aliphatic carbocycles. The summed E-state index contributed by atoms with van der Waals surface area (Å²) < 4.78 is 5.99. The summed E-state index contributed by atoms with van der Waals surface area (Å²) in [5.74, 6) is 1.50. The zero-order valence-corrected chi connectivity index (χ0v) is 21.5. The molecule has 0 saturated carbocycles. The number of aromatic nitrogens is 2. The molecule has 8 nitrogen and oxygen atoms in total. The fourth-order valence-electron chi connectivity index (χ4n) is 4.26. The number of allylic oxidation sites excluding steroid dienone is 1. The van der Waals surface area contributed by atoms with Crippen LogP contribution >= 0.6 is 11.6 Å². The van der Waals surface area contributed by atoms with Gasteiger partial charge in [-0.2, -0.15) is 5.10 Å². The van der Waals surface area contributed by atoms with Gasteiger partial charge in [-0.25, -0.2) is 9.97 Å². The van der Waals surface area contributed by atoms with Crippen LogP contribution in [0.25, 0.3) is 28.3 Å². The minimum absolute atomic E-state index is 0.196. The van der Waals surface area contributed by atoms with Gasteiger partial charge < -0.3 is 15.1 Å². The minimum Gasteiger partial charge on any atom is -0.455 e. The molecule has 0 fully saturated rings. The highest BCUT2D eigenvalue weighted by Gasteiger charge is 2.26. The lowest BCUT2D eigenvalue weighted by Gasteiger charge is -2.09. The topological polar surface area (TPSA) is 105 Å². The molecule has 1 aliphatic heterocycles. The molecule has 0 spiro atoms. The second kappa shape index (κ2) is 10.4. The molecule has 0 unspecified atom stereocenters. The van der Waals surface area contributed by atoms with E-state index >= 15 is 0 Å². The van der Waals surface area contributed by atoms with Crippen LogP contribution in [0.1, 0.15) is 23.8 Å². The fraction of sp³-hybridized carbons (Fsp3) is 0.0333. The second-order valence-corrected chi connectivity index (χ2v) is 9.18. The fourth-order valence-corrected chi connectivity index (χ4v) is 4.43. The van der Waals surface area contributed by atoms with Gasteiger partial charge in [0.15, 0.2) is 5.71 Å². The highest BCUT2D eigenvalue weighted by atomic mass is 35.5. The van der Waals surface area contributed by atoms with Crippen molar-refractivity contribution in [2.24, 2.45) is 10.2 Å². The van der Waals surface area contributed by atoms with E-state index in [-0.39, 0.29) is 11.6 Å². The molecule has 0 radical (unpaired) electrons. The van der Waals surface area contributed by atoms with Crippen molar-refractivity contribution in [1.82, 2.24) is 9.97 Å². The van der Waals surface area contributed by atoms with Crippen LogP contribution in [-0.4, -0.2) is 27.8 Å². The Labute approximate surface area is 228 Å². The third-order valence-electron chi connectivity index (χ3n) is 6.12. The van der Waals surface area contributed by atoms with Gasteiger partial charge >= 0.3 is 0 Å². The van der Waals surface area contributed by atoms with E-state index in [1.165, 1.54) is 6.21 Å². The molecule has 190 valence electrons. The third-order valence-corrected chi connectivity index (χ3v) is 6.36. The molecule has 2 aromatic heterocycles. The number of carbonyl (C=O) groups is 1. The molecule has 5 aromatic rings. The number of amides is 1. The summed E-state index contributed by atoms with van der Waals surface area (Å²) in [7, 11) is 0. The zero-order valence-electron chi connectivity index (χ0n) is 20.7. The molecule has 6 rings (SSSR count). The molecule has 0 atom stereocenters. The number of rotatable bonds is 6. The molecular weight excluding hydrogens is 512 g/mol. The van der Waals surface area contributed by atoms with Gasteiger partial charge in [0.2, 0.25) is 0 Å². The number of fused-ring (bicyclic) bond motifs is 2. The molecular formula is C30H21ClN6O2. The van der Waals surface area contributed by atoms with Crippen LogP contribution in [0.3, 0.4) is 0 Å². The van der Waals surface area contributed by atoms with Crippen LogP contribution in [0.2, 0.25) is 5.02 Å². The van der Waals surface area contributed by atoms with Gasteiger partial charge in [0.05, 0.1) is 17.4 Å². The van der Waals surface area contributed by atoms with Crippen molar-refractivity contribution in [1.29, 1.82) is 0 Å². The first kappa shape index (κ1) is 24.3. The van der Waals surface area contributed by atoms with Crippen LogP contribution < -0.4 is 10.6 Å². The van der Waals surface area contributed by atoms with Gasteiger partial charge in [-0.05, 0) is 73.2 Å². The Hall–Kier alpha value is -5.08. The van der Waals surface area contributed by atoms with E-state index in [2.05, 4.69) is 30.8 Å². The lowest BCUT2D eigenvalue weighted by atomic mass is 10.1. The molecule has 2 N–H and O–H groups in total. The Bertz CT molecular complexity index is 1800. The van der Waals surface area contributed by atoms with Gasteiger partial charge in [-0.1, -0.05) is 35.9 Å². The number of hydrogen-bond acceptors (Lipinski definition) is 7.